The van der Waals surface area contributed by atoms with Crippen LogP contribution in [0.15, 0.2) is 83.8 Å². The number of hydrogen-bond donors (Lipinski definition) is 1. The Morgan fingerprint density at radius 2 is 1.56 bits per heavy atom. The minimum absolute atomic E-state index is 0.0501. The van der Waals surface area contributed by atoms with E-state index in [4.69, 9.17) is 0 Å². The second-order valence-corrected chi connectivity index (χ2v) is 12.4. The number of halogens is 1. The van der Waals surface area contributed by atoms with Crippen molar-refractivity contribution in [3.8, 4) is 0 Å². The highest BCUT2D eigenvalue weighted by atomic mass is 32.2. The van der Waals surface area contributed by atoms with Crippen molar-refractivity contribution in [1.82, 2.24) is 10.2 Å². The third kappa shape index (κ3) is 7.33. The molecule has 1 atom stereocenters. The first-order valence-corrected chi connectivity index (χ1v) is 15.6. The van der Waals surface area contributed by atoms with Crippen LogP contribution in [0.1, 0.15) is 56.6 Å². The molecule has 1 N–H and O–H groups in total. The van der Waals surface area contributed by atoms with Crippen LogP contribution in [0.3, 0.4) is 0 Å². The summed E-state index contributed by atoms with van der Waals surface area (Å²) in [6.45, 7) is 3.20. The molecule has 1 aliphatic rings. The molecule has 9 heteroatoms. The summed E-state index contributed by atoms with van der Waals surface area (Å²) in [7, 11) is -4.32. The van der Waals surface area contributed by atoms with E-state index in [0.717, 1.165) is 53.6 Å². The van der Waals surface area contributed by atoms with Gasteiger partial charge in [-0.05, 0) is 61.6 Å². The lowest BCUT2D eigenvalue weighted by Gasteiger charge is -2.34. The first-order valence-electron chi connectivity index (χ1n) is 14.2. The molecule has 0 aliphatic heterocycles. The van der Waals surface area contributed by atoms with E-state index in [9.17, 15) is 18.0 Å². The maximum atomic E-state index is 15.1. The maximum absolute atomic E-state index is 15.1. The molecule has 0 radical (unpaired) electrons. The van der Waals surface area contributed by atoms with Crippen molar-refractivity contribution in [3.05, 3.63) is 95.8 Å². The molecular formula is C32H38FN3O4S. The predicted octanol–water partition coefficient (Wildman–Crippen LogP) is 5.59. The number of nitrogens with zero attached hydrogens (tertiary/aromatic N) is 2. The third-order valence-corrected chi connectivity index (χ3v) is 9.44. The minimum Gasteiger partial charge on any atom is -0.352 e. The predicted molar refractivity (Wildman–Crippen MR) is 158 cm³/mol. The number of anilines is 1. The molecular weight excluding hydrogens is 541 g/mol. The summed E-state index contributed by atoms with van der Waals surface area (Å²) in [6, 6.07) is 19.9. The molecule has 2 amide bonds. The van der Waals surface area contributed by atoms with Gasteiger partial charge in [-0.3, -0.25) is 13.9 Å². The Bertz CT molecular complexity index is 1440. The Balaban J connectivity index is 1.71. The second-order valence-electron chi connectivity index (χ2n) is 10.5. The summed E-state index contributed by atoms with van der Waals surface area (Å²) < 4.78 is 43.5. The number of amides is 2. The molecule has 0 saturated heterocycles. The molecule has 41 heavy (non-hydrogen) atoms. The van der Waals surface area contributed by atoms with Crippen molar-refractivity contribution in [3.63, 3.8) is 0 Å². The van der Waals surface area contributed by atoms with Gasteiger partial charge in [0.2, 0.25) is 11.8 Å². The molecule has 0 aromatic heterocycles. The van der Waals surface area contributed by atoms with Gasteiger partial charge in [-0.1, -0.05) is 80.8 Å². The average Bonchev–Trinajstić information content (AvgIpc) is 2.98. The highest BCUT2D eigenvalue weighted by Crippen LogP contribution is 2.27. The van der Waals surface area contributed by atoms with Crippen molar-refractivity contribution in [2.24, 2.45) is 0 Å². The van der Waals surface area contributed by atoms with Crippen molar-refractivity contribution < 1.29 is 22.4 Å². The molecule has 0 unspecified atom stereocenters. The van der Waals surface area contributed by atoms with Gasteiger partial charge in [0, 0.05) is 12.6 Å². The molecule has 1 fully saturated rings. The van der Waals surface area contributed by atoms with E-state index < -0.39 is 34.3 Å². The molecule has 218 valence electrons. The Hall–Kier alpha value is -3.72. The lowest BCUT2D eigenvalue weighted by molar-refractivity contribution is -0.140. The fourth-order valence-corrected chi connectivity index (χ4v) is 6.76. The van der Waals surface area contributed by atoms with Crippen LogP contribution in [0, 0.1) is 12.7 Å². The zero-order chi connectivity index (χ0) is 29.4. The molecule has 7 nitrogen and oxygen atoms in total. The number of rotatable bonds is 11. The van der Waals surface area contributed by atoms with Crippen molar-refractivity contribution in [2.75, 3.05) is 10.8 Å². The van der Waals surface area contributed by atoms with E-state index >= 15 is 4.39 Å². The molecule has 1 saturated carbocycles. The number of benzene rings is 3. The zero-order valence-corrected chi connectivity index (χ0v) is 24.4. The molecule has 3 aromatic carbocycles. The summed E-state index contributed by atoms with van der Waals surface area (Å²) >= 11 is 0. The van der Waals surface area contributed by atoms with Crippen LogP contribution < -0.4 is 9.62 Å². The van der Waals surface area contributed by atoms with Crippen LogP contribution >= 0.6 is 0 Å². The number of para-hydroxylation sites is 1. The van der Waals surface area contributed by atoms with E-state index in [0.29, 0.717) is 6.42 Å². The Morgan fingerprint density at radius 1 is 0.927 bits per heavy atom. The van der Waals surface area contributed by atoms with Crippen LogP contribution in [-0.4, -0.2) is 43.8 Å². The molecule has 3 aromatic rings. The largest absolute Gasteiger partial charge is 0.352 e. The lowest BCUT2D eigenvalue weighted by atomic mass is 9.95. The number of carbonyl (C=O) groups excluding carboxylic acids is 2. The van der Waals surface area contributed by atoms with Crippen molar-refractivity contribution >= 4 is 27.5 Å². The topological polar surface area (TPSA) is 86.8 Å². The normalized spacial score (nSPS) is 14.7. The summed E-state index contributed by atoms with van der Waals surface area (Å²) in [5.41, 5.74) is 1.55. The van der Waals surface area contributed by atoms with Crippen molar-refractivity contribution in [1.29, 1.82) is 0 Å². The summed E-state index contributed by atoms with van der Waals surface area (Å²) in [4.78, 5) is 29.1. The highest BCUT2D eigenvalue weighted by Gasteiger charge is 2.35. The van der Waals surface area contributed by atoms with Crippen LogP contribution in [0.4, 0.5) is 10.1 Å². The number of sulfonamides is 1. The lowest BCUT2D eigenvalue weighted by Crippen LogP contribution is -2.54. The monoisotopic (exact) mass is 579 g/mol. The summed E-state index contributed by atoms with van der Waals surface area (Å²) in [5, 5.41) is 3.13. The van der Waals surface area contributed by atoms with E-state index in [1.807, 2.05) is 38.1 Å². The van der Waals surface area contributed by atoms with Crippen LogP contribution in [-0.2, 0) is 26.2 Å². The van der Waals surface area contributed by atoms with Gasteiger partial charge in [-0.25, -0.2) is 12.8 Å². The minimum atomic E-state index is -4.32. The first-order chi connectivity index (χ1) is 19.7. The molecule has 1 aliphatic carbocycles. The fraction of sp³-hybridized carbons (Fsp3) is 0.375. The standard InChI is InChI=1S/C32H38FN3O4S/c1-3-29(32(38)34-26-16-6-4-7-17-26)35(22-25-15-11-10-14-24(25)2)31(37)23-36(30-21-13-12-20-28(30)33)41(39,40)27-18-8-5-9-19-27/h5,8-15,18-21,26,29H,3-4,6-7,16-17,22-23H2,1-2H3,(H,34,38)/t29-/m0/s1. The van der Waals surface area contributed by atoms with Gasteiger partial charge in [0.1, 0.15) is 18.4 Å². The Morgan fingerprint density at radius 3 is 2.22 bits per heavy atom. The van der Waals surface area contributed by atoms with E-state index in [1.165, 1.54) is 35.2 Å². The van der Waals surface area contributed by atoms with Gasteiger partial charge < -0.3 is 10.2 Å². The van der Waals surface area contributed by atoms with Gasteiger partial charge >= 0.3 is 0 Å². The molecule has 0 bridgehead atoms. The van der Waals surface area contributed by atoms with Gasteiger partial charge in [0.05, 0.1) is 10.6 Å². The van der Waals surface area contributed by atoms with E-state index in [-0.39, 0.29) is 29.1 Å². The average molecular weight is 580 g/mol. The van der Waals surface area contributed by atoms with Gasteiger partial charge in [0.25, 0.3) is 10.0 Å². The molecule has 0 heterocycles. The molecule has 4 rings (SSSR count). The third-order valence-electron chi connectivity index (χ3n) is 7.67. The molecule has 0 spiro atoms. The highest BCUT2D eigenvalue weighted by molar-refractivity contribution is 7.92. The summed E-state index contributed by atoms with van der Waals surface area (Å²) in [6.07, 6.45) is 5.35. The van der Waals surface area contributed by atoms with Gasteiger partial charge in [0.15, 0.2) is 0 Å². The van der Waals surface area contributed by atoms with E-state index in [1.54, 1.807) is 18.2 Å². The maximum Gasteiger partial charge on any atom is 0.264 e. The summed E-state index contributed by atoms with van der Waals surface area (Å²) in [5.74, 6) is -1.63. The number of nitrogens with one attached hydrogen (secondary N) is 1. The number of carbonyl (C=O) groups is 2. The van der Waals surface area contributed by atoms with E-state index in [2.05, 4.69) is 5.32 Å². The number of hydrogen-bond acceptors (Lipinski definition) is 4. The van der Waals surface area contributed by atoms with Gasteiger partial charge in [-0.15, -0.1) is 0 Å². The second kappa shape index (κ2) is 13.8. The van der Waals surface area contributed by atoms with Crippen LogP contribution in [0.5, 0.6) is 0 Å². The quantitative estimate of drug-likeness (QED) is 0.321. The smallest absolute Gasteiger partial charge is 0.264 e. The van der Waals surface area contributed by atoms with Crippen molar-refractivity contribution in [2.45, 2.75) is 75.9 Å². The van der Waals surface area contributed by atoms with Crippen LogP contribution in [0.2, 0.25) is 0 Å². The van der Waals surface area contributed by atoms with Gasteiger partial charge in [-0.2, -0.15) is 0 Å². The SMILES string of the molecule is CC[C@@H](C(=O)NC1CCCCC1)N(Cc1ccccc1C)C(=O)CN(c1ccccc1F)S(=O)(=O)c1ccccc1. The zero-order valence-electron chi connectivity index (χ0n) is 23.6. The fourth-order valence-electron chi connectivity index (χ4n) is 5.32. The first kappa shape index (κ1) is 30.2. The number of aryl methyl sites for hydroxylation is 1. The Kier molecular flexibility index (Phi) is 10.2. The Labute approximate surface area is 242 Å². The van der Waals surface area contributed by atoms with Crippen LogP contribution in [0.25, 0.3) is 0 Å².